The van der Waals surface area contributed by atoms with Crippen LogP contribution in [-0.4, -0.2) is 12.2 Å². The lowest BCUT2D eigenvalue weighted by Gasteiger charge is -2.11. The van der Waals surface area contributed by atoms with E-state index in [0.29, 0.717) is 0 Å². The van der Waals surface area contributed by atoms with E-state index in [9.17, 15) is 13.2 Å². The first kappa shape index (κ1) is 6.95. The van der Waals surface area contributed by atoms with Crippen molar-refractivity contribution in [2.45, 2.75) is 12.2 Å². The van der Waals surface area contributed by atoms with Gasteiger partial charge in [0.1, 0.15) is 6.04 Å². The molecule has 0 bridgehead atoms. The molecule has 0 radical (unpaired) electrons. The zero-order valence-corrected chi connectivity index (χ0v) is 5.09. The molecule has 0 fully saturated rings. The Morgan fingerprint density at radius 2 is 2.11 bits per heavy atom. The molecule has 0 aromatic rings. The molecule has 9 heavy (non-hydrogen) atoms. The minimum absolute atomic E-state index is 0.958. The Bertz CT molecular complexity index is 130. The van der Waals surface area contributed by atoms with Crippen LogP contribution in [0.1, 0.15) is 0 Å². The molecule has 0 aromatic carbocycles. The van der Waals surface area contributed by atoms with Crippen LogP contribution in [0.4, 0.5) is 13.2 Å². The zero-order valence-electron chi connectivity index (χ0n) is 4.27. The van der Waals surface area contributed by atoms with Crippen molar-refractivity contribution in [3.05, 3.63) is 11.5 Å². The van der Waals surface area contributed by atoms with Crippen molar-refractivity contribution in [2.24, 2.45) is 0 Å². The lowest BCUT2D eigenvalue weighted by atomic mass is 10.3. The van der Waals surface area contributed by atoms with Crippen LogP contribution in [-0.2, 0) is 0 Å². The molecule has 1 unspecified atom stereocenters. The minimum atomic E-state index is -4.14. The van der Waals surface area contributed by atoms with Gasteiger partial charge in [-0.15, -0.1) is 0 Å². The van der Waals surface area contributed by atoms with Crippen LogP contribution < -0.4 is 4.72 Å². The van der Waals surface area contributed by atoms with Crippen LogP contribution in [0, 0.1) is 0 Å². The van der Waals surface area contributed by atoms with Crippen LogP contribution in [0.25, 0.3) is 0 Å². The summed E-state index contributed by atoms with van der Waals surface area (Å²) in [7, 11) is 0. The van der Waals surface area contributed by atoms with E-state index in [0.717, 1.165) is 18.0 Å². The summed E-state index contributed by atoms with van der Waals surface area (Å²) in [5, 5.41) is 1.39. The van der Waals surface area contributed by atoms with E-state index in [2.05, 4.69) is 4.72 Å². The van der Waals surface area contributed by atoms with Crippen molar-refractivity contribution in [3.8, 4) is 0 Å². The van der Waals surface area contributed by atoms with Gasteiger partial charge in [0, 0.05) is 0 Å². The summed E-state index contributed by atoms with van der Waals surface area (Å²) >= 11 is 0.958. The Kier molecular flexibility index (Phi) is 1.72. The lowest BCUT2D eigenvalue weighted by molar-refractivity contribution is -0.139. The van der Waals surface area contributed by atoms with Crippen LogP contribution in [0.15, 0.2) is 11.5 Å². The number of halogens is 3. The van der Waals surface area contributed by atoms with Gasteiger partial charge in [0.05, 0.1) is 0 Å². The third-order valence-corrected chi connectivity index (χ3v) is 1.57. The molecule has 5 heteroatoms. The Morgan fingerprint density at radius 3 is 2.33 bits per heavy atom. The molecular weight excluding hydrogens is 151 g/mol. The molecule has 52 valence electrons. The van der Waals surface area contributed by atoms with E-state index in [1.54, 1.807) is 0 Å². The molecule has 1 aliphatic heterocycles. The topological polar surface area (TPSA) is 12.0 Å². The second-order valence-electron chi connectivity index (χ2n) is 1.58. The van der Waals surface area contributed by atoms with Crippen molar-refractivity contribution in [1.29, 1.82) is 0 Å². The fourth-order valence-electron chi connectivity index (χ4n) is 0.446. The minimum Gasteiger partial charge on any atom is -0.245 e. The molecule has 1 heterocycles. The molecule has 0 aliphatic carbocycles. The predicted octanol–water partition coefficient (Wildman–Crippen LogP) is 1.68. The third kappa shape index (κ3) is 1.62. The standard InChI is InChI=1S/C4H4F3NS/c5-4(6,7)3-1-2-9-8-3/h1-3,8H. The summed E-state index contributed by atoms with van der Waals surface area (Å²) in [6.45, 7) is 0. The maximum atomic E-state index is 11.6. The Morgan fingerprint density at radius 1 is 1.44 bits per heavy atom. The summed E-state index contributed by atoms with van der Waals surface area (Å²) in [6, 6.07) is -1.46. The first-order chi connectivity index (χ1) is 4.11. The number of rotatable bonds is 0. The van der Waals surface area contributed by atoms with Gasteiger partial charge in [-0.05, 0) is 5.41 Å². The maximum Gasteiger partial charge on any atom is 0.408 e. The number of hydrogen-bond donors (Lipinski definition) is 1. The fourth-order valence-corrected chi connectivity index (χ4v) is 1.12. The number of alkyl halides is 3. The molecule has 1 nitrogen and oxygen atoms in total. The first-order valence-corrected chi connectivity index (χ1v) is 3.13. The highest BCUT2D eigenvalue weighted by molar-refractivity contribution is 8.00. The Balaban J connectivity index is 2.53. The summed E-state index contributed by atoms with van der Waals surface area (Å²) in [4.78, 5) is 0. The predicted molar refractivity (Wildman–Crippen MR) is 29.7 cm³/mol. The SMILES string of the molecule is FC(F)(F)C1C=CSN1. The molecular formula is C4H4F3NS. The molecule has 0 saturated carbocycles. The van der Waals surface area contributed by atoms with Gasteiger partial charge in [0.2, 0.25) is 0 Å². The van der Waals surface area contributed by atoms with Crippen molar-refractivity contribution in [2.75, 3.05) is 0 Å². The second-order valence-corrected chi connectivity index (χ2v) is 2.33. The Hall–Kier alpha value is -0.160. The molecule has 0 aromatic heterocycles. The summed E-state index contributed by atoms with van der Waals surface area (Å²) in [5.41, 5.74) is 0. The molecule has 1 aliphatic rings. The number of hydrogen-bond acceptors (Lipinski definition) is 2. The van der Waals surface area contributed by atoms with Gasteiger partial charge >= 0.3 is 6.18 Å². The van der Waals surface area contributed by atoms with E-state index in [-0.39, 0.29) is 0 Å². The lowest BCUT2D eigenvalue weighted by Crippen LogP contribution is -2.34. The molecule has 1 atom stereocenters. The monoisotopic (exact) mass is 155 g/mol. The van der Waals surface area contributed by atoms with Gasteiger partial charge in [0.15, 0.2) is 0 Å². The van der Waals surface area contributed by atoms with Crippen molar-refractivity contribution >= 4 is 11.9 Å². The largest absolute Gasteiger partial charge is 0.408 e. The van der Waals surface area contributed by atoms with E-state index >= 15 is 0 Å². The van der Waals surface area contributed by atoms with Crippen molar-refractivity contribution in [3.63, 3.8) is 0 Å². The van der Waals surface area contributed by atoms with E-state index in [1.165, 1.54) is 5.41 Å². The summed E-state index contributed by atoms with van der Waals surface area (Å²) < 4.78 is 37.1. The Labute approximate surface area is 54.4 Å². The molecule has 0 spiro atoms. The molecule has 1 N–H and O–H groups in total. The maximum absolute atomic E-state index is 11.6. The third-order valence-electron chi connectivity index (χ3n) is 0.887. The van der Waals surface area contributed by atoms with Gasteiger partial charge in [-0.25, -0.2) is 4.72 Å². The average Bonchev–Trinajstić information content (AvgIpc) is 2.08. The molecule has 1 rings (SSSR count). The van der Waals surface area contributed by atoms with Crippen LogP contribution >= 0.6 is 11.9 Å². The molecule has 0 saturated heterocycles. The quantitative estimate of drug-likeness (QED) is 0.534. The van der Waals surface area contributed by atoms with Crippen LogP contribution in [0.2, 0.25) is 0 Å². The highest BCUT2D eigenvalue weighted by Crippen LogP contribution is 2.26. The highest BCUT2D eigenvalue weighted by Gasteiger charge is 2.39. The van der Waals surface area contributed by atoms with Gasteiger partial charge in [-0.2, -0.15) is 13.2 Å². The number of nitrogens with one attached hydrogen (secondary N) is 1. The van der Waals surface area contributed by atoms with Crippen molar-refractivity contribution in [1.82, 2.24) is 4.72 Å². The molecule has 0 amide bonds. The van der Waals surface area contributed by atoms with Gasteiger partial charge in [-0.1, -0.05) is 18.0 Å². The first-order valence-electron chi connectivity index (χ1n) is 2.25. The highest BCUT2D eigenvalue weighted by atomic mass is 32.2. The normalized spacial score (nSPS) is 27.2. The second kappa shape index (κ2) is 2.22. The fraction of sp³-hybridized carbons (Fsp3) is 0.500. The van der Waals surface area contributed by atoms with Crippen molar-refractivity contribution < 1.29 is 13.2 Å². The van der Waals surface area contributed by atoms with E-state index < -0.39 is 12.2 Å². The smallest absolute Gasteiger partial charge is 0.245 e. The van der Waals surface area contributed by atoms with E-state index in [4.69, 9.17) is 0 Å². The summed E-state index contributed by atoms with van der Waals surface area (Å²) in [6.07, 6.45) is -3.05. The van der Waals surface area contributed by atoms with Gasteiger partial charge in [0.25, 0.3) is 0 Å². The summed E-state index contributed by atoms with van der Waals surface area (Å²) in [5.74, 6) is 0. The van der Waals surface area contributed by atoms with Crippen LogP contribution in [0.3, 0.4) is 0 Å². The zero-order chi connectivity index (χ0) is 6.91. The average molecular weight is 155 g/mol. The van der Waals surface area contributed by atoms with Gasteiger partial charge in [-0.3, -0.25) is 0 Å². The van der Waals surface area contributed by atoms with Gasteiger partial charge < -0.3 is 0 Å². The van der Waals surface area contributed by atoms with E-state index in [1.807, 2.05) is 0 Å². The van der Waals surface area contributed by atoms with Crippen LogP contribution in [0.5, 0.6) is 0 Å².